The van der Waals surface area contributed by atoms with Gasteiger partial charge in [-0.15, -0.1) is 0 Å². The summed E-state index contributed by atoms with van der Waals surface area (Å²) in [6.07, 6.45) is 3.65. The Morgan fingerprint density at radius 2 is 2.25 bits per heavy atom. The number of hydrogen-bond acceptors (Lipinski definition) is 4. The van der Waals surface area contributed by atoms with E-state index < -0.39 is 0 Å². The van der Waals surface area contributed by atoms with Crippen molar-refractivity contribution in [3.63, 3.8) is 0 Å². The van der Waals surface area contributed by atoms with Crippen molar-refractivity contribution in [3.05, 3.63) is 46.6 Å². The molecule has 2 rings (SSSR count). The molecule has 0 spiro atoms. The van der Waals surface area contributed by atoms with E-state index in [1.165, 1.54) is 0 Å². The van der Waals surface area contributed by atoms with E-state index in [1.807, 2.05) is 31.3 Å². The molecule has 1 heterocycles. The number of halogens is 1. The van der Waals surface area contributed by atoms with Crippen LogP contribution in [0.3, 0.4) is 0 Å². The second kappa shape index (κ2) is 7.41. The van der Waals surface area contributed by atoms with Gasteiger partial charge in [0.05, 0.1) is 0 Å². The molecule has 0 saturated heterocycles. The number of nitrogens with one attached hydrogen (secondary N) is 1. The van der Waals surface area contributed by atoms with Crippen LogP contribution in [0.2, 0.25) is 5.02 Å². The predicted octanol–water partition coefficient (Wildman–Crippen LogP) is 3.24. The van der Waals surface area contributed by atoms with Crippen molar-refractivity contribution in [1.29, 1.82) is 0 Å². The van der Waals surface area contributed by atoms with Crippen LogP contribution in [0.15, 0.2) is 28.8 Å². The molecule has 0 radical (unpaired) electrons. The molecule has 0 aliphatic heterocycles. The predicted molar refractivity (Wildman–Crippen MR) is 80.0 cm³/mol. The minimum absolute atomic E-state index is 0.388. The molecular weight excluding hydrogens is 274 g/mol. The molecule has 1 atom stereocenters. The third kappa shape index (κ3) is 4.32. The molecule has 1 N–H and O–H groups in total. The highest BCUT2D eigenvalue weighted by molar-refractivity contribution is 6.30. The Labute approximate surface area is 124 Å². The molecule has 2 aromatic rings. The number of rotatable bonds is 7. The maximum atomic E-state index is 5.97. The molecule has 1 unspecified atom stereocenters. The minimum Gasteiger partial charge on any atom is -0.339 e. The van der Waals surface area contributed by atoms with Crippen LogP contribution in [0.4, 0.5) is 0 Å². The standard InChI is InChI=1S/C15H20ClN3O/c1-3-5-13(17-2)10-15-18-14(19-20-15)9-11-6-4-7-12(16)8-11/h4,6-8,13,17H,3,5,9-10H2,1-2H3. The van der Waals surface area contributed by atoms with Crippen molar-refractivity contribution in [2.24, 2.45) is 0 Å². The van der Waals surface area contributed by atoms with E-state index in [2.05, 4.69) is 22.4 Å². The van der Waals surface area contributed by atoms with Crippen LogP contribution in [0.5, 0.6) is 0 Å². The van der Waals surface area contributed by atoms with Crippen LogP contribution < -0.4 is 5.32 Å². The average Bonchev–Trinajstić information content (AvgIpc) is 2.85. The number of likely N-dealkylation sites (N-methyl/N-ethyl adjacent to an activating group) is 1. The summed E-state index contributed by atoms with van der Waals surface area (Å²) in [7, 11) is 1.96. The second-order valence-corrected chi connectivity index (χ2v) is 5.33. The highest BCUT2D eigenvalue weighted by Gasteiger charge is 2.12. The fourth-order valence-electron chi connectivity index (χ4n) is 2.18. The molecular formula is C15H20ClN3O. The van der Waals surface area contributed by atoms with Gasteiger partial charge >= 0.3 is 0 Å². The van der Waals surface area contributed by atoms with E-state index in [9.17, 15) is 0 Å². The van der Waals surface area contributed by atoms with Gasteiger partial charge in [-0.2, -0.15) is 4.98 Å². The lowest BCUT2D eigenvalue weighted by Gasteiger charge is -2.11. The Kier molecular flexibility index (Phi) is 5.56. The Hall–Kier alpha value is -1.39. The van der Waals surface area contributed by atoms with Crippen LogP contribution in [-0.4, -0.2) is 23.2 Å². The zero-order valence-corrected chi connectivity index (χ0v) is 12.7. The Morgan fingerprint density at radius 3 is 2.95 bits per heavy atom. The summed E-state index contributed by atoms with van der Waals surface area (Å²) in [4.78, 5) is 4.44. The fourth-order valence-corrected chi connectivity index (χ4v) is 2.39. The van der Waals surface area contributed by atoms with Crippen molar-refractivity contribution in [2.45, 2.75) is 38.6 Å². The zero-order valence-electron chi connectivity index (χ0n) is 11.9. The monoisotopic (exact) mass is 293 g/mol. The molecule has 0 aliphatic rings. The van der Waals surface area contributed by atoms with Crippen molar-refractivity contribution >= 4 is 11.6 Å². The van der Waals surface area contributed by atoms with Gasteiger partial charge in [0.1, 0.15) is 0 Å². The Morgan fingerprint density at radius 1 is 1.40 bits per heavy atom. The lowest BCUT2D eigenvalue weighted by atomic mass is 10.1. The van der Waals surface area contributed by atoms with Gasteiger partial charge < -0.3 is 9.84 Å². The summed E-state index contributed by atoms with van der Waals surface area (Å²) in [6, 6.07) is 8.10. The van der Waals surface area contributed by atoms with E-state index in [4.69, 9.17) is 16.1 Å². The van der Waals surface area contributed by atoms with Gasteiger partial charge in [-0.05, 0) is 31.2 Å². The lowest BCUT2D eigenvalue weighted by Crippen LogP contribution is -2.27. The number of hydrogen-bond donors (Lipinski definition) is 1. The number of aromatic nitrogens is 2. The highest BCUT2D eigenvalue weighted by atomic mass is 35.5. The third-order valence-corrected chi connectivity index (χ3v) is 3.46. The second-order valence-electron chi connectivity index (χ2n) is 4.89. The summed E-state index contributed by atoms with van der Waals surface area (Å²) in [5.74, 6) is 1.39. The van der Waals surface area contributed by atoms with Crippen molar-refractivity contribution < 1.29 is 4.52 Å². The zero-order chi connectivity index (χ0) is 14.4. The largest absolute Gasteiger partial charge is 0.339 e. The van der Waals surface area contributed by atoms with Gasteiger partial charge in [0.15, 0.2) is 5.82 Å². The van der Waals surface area contributed by atoms with E-state index in [-0.39, 0.29) is 0 Å². The van der Waals surface area contributed by atoms with E-state index in [0.29, 0.717) is 24.2 Å². The molecule has 0 saturated carbocycles. The SMILES string of the molecule is CCCC(Cc1nc(Cc2cccc(Cl)c2)no1)NC. The first-order valence-corrected chi connectivity index (χ1v) is 7.32. The van der Waals surface area contributed by atoms with Crippen LogP contribution in [-0.2, 0) is 12.8 Å². The molecule has 4 nitrogen and oxygen atoms in total. The summed E-state index contributed by atoms with van der Waals surface area (Å²) in [5, 5.41) is 8.03. The smallest absolute Gasteiger partial charge is 0.228 e. The molecule has 108 valence electrons. The molecule has 20 heavy (non-hydrogen) atoms. The van der Waals surface area contributed by atoms with Crippen LogP contribution in [0.25, 0.3) is 0 Å². The molecule has 0 bridgehead atoms. The van der Waals surface area contributed by atoms with Crippen molar-refractivity contribution in [1.82, 2.24) is 15.5 Å². The van der Waals surface area contributed by atoms with Crippen LogP contribution >= 0.6 is 11.6 Å². The molecule has 0 fully saturated rings. The Bertz CT molecular complexity index is 541. The summed E-state index contributed by atoms with van der Waals surface area (Å²) >= 11 is 5.97. The van der Waals surface area contributed by atoms with Gasteiger partial charge in [-0.25, -0.2) is 0 Å². The quantitative estimate of drug-likeness (QED) is 0.851. The first kappa shape index (κ1) is 15.0. The molecule has 0 amide bonds. The van der Waals surface area contributed by atoms with Gasteiger partial charge in [0, 0.05) is 23.9 Å². The molecule has 1 aromatic heterocycles. The molecule has 0 aliphatic carbocycles. The topological polar surface area (TPSA) is 51.0 Å². The first-order valence-electron chi connectivity index (χ1n) is 6.94. The Balaban J connectivity index is 1.98. The average molecular weight is 294 g/mol. The highest BCUT2D eigenvalue weighted by Crippen LogP contribution is 2.14. The summed E-state index contributed by atoms with van der Waals surface area (Å²) < 4.78 is 5.31. The molecule has 1 aromatic carbocycles. The van der Waals surface area contributed by atoms with Crippen LogP contribution in [0.1, 0.15) is 37.0 Å². The normalized spacial score (nSPS) is 12.6. The number of nitrogens with zero attached hydrogens (tertiary/aromatic N) is 2. The summed E-state index contributed by atoms with van der Waals surface area (Å²) in [5.41, 5.74) is 1.09. The van der Waals surface area contributed by atoms with E-state index >= 15 is 0 Å². The van der Waals surface area contributed by atoms with Gasteiger partial charge in [0.2, 0.25) is 5.89 Å². The van der Waals surface area contributed by atoms with Crippen molar-refractivity contribution in [3.8, 4) is 0 Å². The van der Waals surface area contributed by atoms with Gasteiger partial charge in [-0.1, -0.05) is 42.2 Å². The fraction of sp³-hybridized carbons (Fsp3) is 0.467. The van der Waals surface area contributed by atoms with Gasteiger partial charge in [-0.3, -0.25) is 0 Å². The maximum Gasteiger partial charge on any atom is 0.228 e. The van der Waals surface area contributed by atoms with Crippen LogP contribution in [0, 0.1) is 0 Å². The third-order valence-electron chi connectivity index (χ3n) is 3.23. The number of benzene rings is 1. The van der Waals surface area contributed by atoms with E-state index in [0.717, 1.165) is 29.8 Å². The van der Waals surface area contributed by atoms with Gasteiger partial charge in [0.25, 0.3) is 0 Å². The molecule has 5 heteroatoms. The summed E-state index contributed by atoms with van der Waals surface area (Å²) in [6.45, 7) is 2.17. The van der Waals surface area contributed by atoms with Crippen molar-refractivity contribution in [2.75, 3.05) is 7.05 Å². The van der Waals surface area contributed by atoms with E-state index in [1.54, 1.807) is 0 Å². The first-order chi connectivity index (χ1) is 9.71. The minimum atomic E-state index is 0.388. The maximum absolute atomic E-state index is 5.97. The lowest BCUT2D eigenvalue weighted by molar-refractivity contribution is 0.352.